The predicted molar refractivity (Wildman–Crippen MR) is 82.0 cm³/mol. The second-order valence-corrected chi connectivity index (χ2v) is 5.79. The Labute approximate surface area is 125 Å². The first kappa shape index (κ1) is 13.1. The summed E-state index contributed by atoms with van der Waals surface area (Å²) in [5, 5.41) is 2.63. The third kappa shape index (κ3) is 2.30. The van der Waals surface area contributed by atoms with Crippen LogP contribution in [0.25, 0.3) is 4.96 Å². The fraction of sp³-hybridized carbons (Fsp3) is 0.143. The van der Waals surface area contributed by atoms with Crippen molar-refractivity contribution in [2.45, 2.75) is 6.54 Å². The van der Waals surface area contributed by atoms with Crippen molar-refractivity contribution < 1.29 is 4.79 Å². The van der Waals surface area contributed by atoms with Crippen LogP contribution in [0.15, 0.2) is 35.8 Å². The maximum absolute atomic E-state index is 11.3. The molecule has 2 aromatic heterocycles. The number of carbonyl (C=O) groups excluding carboxylic acids is 1. The van der Waals surface area contributed by atoms with E-state index in [9.17, 15) is 4.79 Å². The number of anilines is 1. The van der Waals surface area contributed by atoms with Crippen LogP contribution in [0.5, 0.6) is 0 Å². The Hall–Kier alpha value is -1.85. The van der Waals surface area contributed by atoms with Crippen LogP contribution in [0.4, 0.5) is 5.82 Å². The van der Waals surface area contributed by atoms with Crippen molar-refractivity contribution in [2.75, 3.05) is 11.9 Å². The number of thiazole rings is 1. The third-order valence-corrected chi connectivity index (χ3v) is 4.09. The molecule has 3 aromatic rings. The average molecular weight is 306 g/mol. The predicted octanol–water partition coefficient (Wildman–Crippen LogP) is 3.50. The van der Waals surface area contributed by atoms with Crippen LogP contribution in [-0.4, -0.2) is 22.7 Å². The molecular weight excluding hydrogens is 294 g/mol. The van der Waals surface area contributed by atoms with Crippen LogP contribution in [0.2, 0.25) is 5.02 Å². The molecule has 0 bridgehead atoms. The molecule has 2 heterocycles. The number of imidazole rings is 1. The van der Waals surface area contributed by atoms with E-state index in [-0.39, 0.29) is 0 Å². The highest BCUT2D eigenvalue weighted by Crippen LogP contribution is 2.24. The van der Waals surface area contributed by atoms with Crippen LogP contribution >= 0.6 is 22.9 Å². The van der Waals surface area contributed by atoms with Crippen molar-refractivity contribution in [3.05, 3.63) is 52.1 Å². The Kier molecular flexibility index (Phi) is 3.46. The molecular formula is C14H12ClN3OS. The molecule has 0 atom stereocenters. The zero-order valence-electron chi connectivity index (χ0n) is 10.8. The minimum Gasteiger partial charge on any atom is -0.353 e. The fourth-order valence-electron chi connectivity index (χ4n) is 2.12. The molecule has 20 heavy (non-hydrogen) atoms. The van der Waals surface area contributed by atoms with Gasteiger partial charge in [0, 0.05) is 30.2 Å². The molecule has 3 rings (SSSR count). The number of hydrogen-bond acceptors (Lipinski definition) is 4. The summed E-state index contributed by atoms with van der Waals surface area (Å²) in [4.78, 5) is 18.6. The van der Waals surface area contributed by atoms with Gasteiger partial charge in [-0.05, 0) is 17.7 Å². The lowest BCUT2D eigenvalue weighted by atomic mass is 10.2. The number of rotatable bonds is 4. The van der Waals surface area contributed by atoms with E-state index in [0.29, 0.717) is 23.1 Å². The summed E-state index contributed by atoms with van der Waals surface area (Å²) in [6.45, 7) is 0.669. The molecule has 0 saturated carbocycles. The number of nitrogens with zero attached hydrogens (tertiary/aromatic N) is 3. The summed E-state index contributed by atoms with van der Waals surface area (Å²) in [6, 6.07) is 7.66. The number of benzene rings is 1. The first-order valence-electron chi connectivity index (χ1n) is 6.05. The van der Waals surface area contributed by atoms with E-state index in [1.54, 1.807) is 0 Å². The van der Waals surface area contributed by atoms with Gasteiger partial charge in [0.05, 0.1) is 0 Å². The number of aromatic nitrogens is 2. The lowest BCUT2D eigenvalue weighted by Gasteiger charge is -2.17. The van der Waals surface area contributed by atoms with Gasteiger partial charge in [0.25, 0.3) is 0 Å². The summed E-state index contributed by atoms with van der Waals surface area (Å²) >= 11 is 7.39. The van der Waals surface area contributed by atoms with Gasteiger partial charge >= 0.3 is 0 Å². The number of fused-ring (bicyclic) bond motifs is 1. The van der Waals surface area contributed by atoms with Gasteiger partial charge in [-0.1, -0.05) is 23.7 Å². The maximum Gasteiger partial charge on any atom is 0.196 e. The van der Waals surface area contributed by atoms with Crippen molar-refractivity contribution >= 4 is 40.0 Å². The molecule has 6 heteroatoms. The Morgan fingerprint density at radius 3 is 2.85 bits per heavy atom. The molecule has 0 aliphatic rings. The monoisotopic (exact) mass is 305 g/mol. The molecule has 0 saturated heterocycles. The summed E-state index contributed by atoms with van der Waals surface area (Å²) in [5.41, 5.74) is 1.70. The molecule has 0 amide bonds. The summed E-state index contributed by atoms with van der Waals surface area (Å²) < 4.78 is 1.81. The van der Waals surface area contributed by atoms with Gasteiger partial charge in [-0.3, -0.25) is 9.20 Å². The molecule has 102 valence electrons. The Bertz CT molecular complexity index is 747. The van der Waals surface area contributed by atoms with E-state index in [1.807, 2.05) is 52.2 Å². The number of halogens is 1. The first-order chi connectivity index (χ1) is 9.69. The van der Waals surface area contributed by atoms with Crippen molar-refractivity contribution in [1.29, 1.82) is 0 Å². The van der Waals surface area contributed by atoms with Crippen molar-refractivity contribution in [3.63, 3.8) is 0 Å². The van der Waals surface area contributed by atoms with E-state index in [2.05, 4.69) is 4.98 Å². The highest BCUT2D eigenvalue weighted by molar-refractivity contribution is 7.15. The maximum atomic E-state index is 11.3. The molecule has 0 aliphatic heterocycles. The highest BCUT2D eigenvalue weighted by Gasteiger charge is 2.16. The molecule has 4 nitrogen and oxygen atoms in total. The van der Waals surface area contributed by atoms with Gasteiger partial charge < -0.3 is 4.90 Å². The van der Waals surface area contributed by atoms with E-state index in [1.165, 1.54) is 11.3 Å². The molecule has 0 aliphatic carbocycles. The lowest BCUT2D eigenvalue weighted by Crippen LogP contribution is -2.18. The SMILES string of the molecule is CN(Cc1ccc(Cl)cc1)c1nc2sccn2c1C=O. The van der Waals surface area contributed by atoms with Crippen LogP contribution in [0, 0.1) is 0 Å². The smallest absolute Gasteiger partial charge is 0.196 e. The summed E-state index contributed by atoms with van der Waals surface area (Å²) in [6.07, 6.45) is 2.71. The van der Waals surface area contributed by atoms with Gasteiger partial charge in [-0.25, -0.2) is 4.98 Å². The number of hydrogen-bond donors (Lipinski definition) is 0. The van der Waals surface area contributed by atoms with E-state index in [0.717, 1.165) is 16.8 Å². The molecule has 1 aromatic carbocycles. The summed E-state index contributed by atoms with van der Waals surface area (Å²) in [7, 11) is 1.92. The van der Waals surface area contributed by atoms with Crippen LogP contribution < -0.4 is 4.90 Å². The second kappa shape index (κ2) is 5.26. The Morgan fingerprint density at radius 1 is 1.40 bits per heavy atom. The van der Waals surface area contributed by atoms with Gasteiger partial charge in [0.1, 0.15) is 5.69 Å². The second-order valence-electron chi connectivity index (χ2n) is 4.48. The Balaban J connectivity index is 1.91. The van der Waals surface area contributed by atoms with Crippen molar-refractivity contribution in [3.8, 4) is 0 Å². The van der Waals surface area contributed by atoms with Crippen LogP contribution in [-0.2, 0) is 6.54 Å². The van der Waals surface area contributed by atoms with Crippen molar-refractivity contribution in [1.82, 2.24) is 9.38 Å². The van der Waals surface area contributed by atoms with Gasteiger partial charge in [-0.2, -0.15) is 0 Å². The fourth-order valence-corrected chi connectivity index (χ4v) is 2.96. The largest absolute Gasteiger partial charge is 0.353 e. The van der Waals surface area contributed by atoms with Crippen molar-refractivity contribution in [2.24, 2.45) is 0 Å². The zero-order chi connectivity index (χ0) is 14.1. The van der Waals surface area contributed by atoms with Crippen LogP contribution in [0.1, 0.15) is 16.1 Å². The topological polar surface area (TPSA) is 37.6 Å². The highest BCUT2D eigenvalue weighted by atomic mass is 35.5. The molecule has 0 spiro atoms. The minimum absolute atomic E-state index is 0.581. The minimum atomic E-state index is 0.581. The standard InChI is InChI=1S/C14H12ClN3OS/c1-17(8-10-2-4-11(15)5-3-10)13-12(9-19)18-6-7-20-14(18)16-13/h2-7,9H,8H2,1H3. The van der Waals surface area contributed by atoms with Gasteiger partial charge in [-0.15, -0.1) is 11.3 Å². The molecule has 0 fully saturated rings. The van der Waals surface area contributed by atoms with E-state index in [4.69, 9.17) is 11.6 Å². The quantitative estimate of drug-likeness (QED) is 0.692. The molecule has 0 radical (unpaired) electrons. The lowest BCUT2D eigenvalue weighted by molar-refractivity contribution is 0.111. The first-order valence-corrected chi connectivity index (χ1v) is 7.31. The van der Waals surface area contributed by atoms with Gasteiger partial charge in [0.2, 0.25) is 0 Å². The van der Waals surface area contributed by atoms with Gasteiger partial charge in [0.15, 0.2) is 17.1 Å². The number of aldehydes is 1. The van der Waals surface area contributed by atoms with Crippen LogP contribution in [0.3, 0.4) is 0 Å². The normalized spacial score (nSPS) is 10.9. The average Bonchev–Trinajstić information content (AvgIpc) is 3.01. The van der Waals surface area contributed by atoms with E-state index >= 15 is 0 Å². The number of carbonyl (C=O) groups is 1. The zero-order valence-corrected chi connectivity index (χ0v) is 12.4. The van der Waals surface area contributed by atoms with E-state index < -0.39 is 0 Å². The third-order valence-electron chi connectivity index (χ3n) is 3.09. The summed E-state index contributed by atoms with van der Waals surface area (Å²) in [5.74, 6) is 0.696. The Morgan fingerprint density at radius 2 is 2.15 bits per heavy atom. The molecule has 0 unspecified atom stereocenters. The molecule has 0 N–H and O–H groups in total.